The van der Waals surface area contributed by atoms with E-state index in [2.05, 4.69) is 10.5 Å². The average Bonchev–Trinajstić information content (AvgIpc) is 2.97. The number of carbonyl (C=O) groups is 1. The zero-order chi connectivity index (χ0) is 19.3. The van der Waals surface area contributed by atoms with Gasteiger partial charge in [0.1, 0.15) is 5.75 Å². The van der Waals surface area contributed by atoms with Crippen LogP contribution in [0.25, 0.3) is 11.3 Å². The van der Waals surface area contributed by atoms with Crippen LogP contribution in [0.5, 0.6) is 5.75 Å². The van der Waals surface area contributed by atoms with E-state index in [1.165, 1.54) is 0 Å². The largest absolute Gasteiger partial charge is 0.497 e. The molecule has 2 rings (SSSR count). The first-order valence-corrected chi connectivity index (χ1v) is 8.57. The monoisotopic (exact) mass is 362 g/mol. The lowest BCUT2D eigenvalue weighted by Crippen LogP contribution is -2.21. The van der Waals surface area contributed by atoms with Gasteiger partial charge in [0, 0.05) is 11.6 Å². The third-order valence-electron chi connectivity index (χ3n) is 4.07. The van der Waals surface area contributed by atoms with E-state index in [0.717, 1.165) is 12.8 Å². The summed E-state index contributed by atoms with van der Waals surface area (Å²) in [7, 11) is 1.56. The molecule has 7 nitrogen and oxygen atoms in total. The van der Waals surface area contributed by atoms with Gasteiger partial charge in [0.05, 0.1) is 12.7 Å². The molecule has 1 aromatic heterocycles. The lowest BCUT2D eigenvalue weighted by molar-refractivity contribution is 0.0677. The molecule has 3 N–H and O–H groups in total. The number of ether oxygens (including phenoxy) is 1. The minimum atomic E-state index is -1.11. The molecule has 0 fully saturated rings. The highest BCUT2D eigenvalue weighted by atomic mass is 16.5. The third kappa shape index (κ3) is 5.23. The van der Waals surface area contributed by atoms with Gasteiger partial charge in [-0.05, 0) is 64.3 Å². The van der Waals surface area contributed by atoms with Gasteiger partial charge in [0.25, 0.3) is 0 Å². The summed E-state index contributed by atoms with van der Waals surface area (Å²) >= 11 is 0. The maximum absolute atomic E-state index is 11.7. The molecule has 142 valence electrons. The molecular formula is C19H26N2O5. The van der Waals surface area contributed by atoms with Crippen molar-refractivity contribution in [1.29, 1.82) is 0 Å². The van der Waals surface area contributed by atoms with Crippen LogP contribution in [0, 0.1) is 0 Å². The highest BCUT2D eigenvalue weighted by Gasteiger charge is 2.25. The van der Waals surface area contributed by atoms with E-state index in [1.54, 1.807) is 45.2 Å². The van der Waals surface area contributed by atoms with E-state index in [0.29, 0.717) is 17.7 Å². The first-order chi connectivity index (χ1) is 12.2. The molecule has 0 aliphatic rings. The first kappa shape index (κ1) is 19.8. The Morgan fingerprint density at radius 1 is 1.35 bits per heavy atom. The summed E-state index contributed by atoms with van der Waals surface area (Å²) in [4.78, 5) is 11.7. The van der Waals surface area contributed by atoms with Crippen LogP contribution in [0.3, 0.4) is 0 Å². The normalized spacial score (nSPS) is 12.7. The lowest BCUT2D eigenvalue weighted by atomic mass is 9.99. The number of nitrogens with zero attached hydrogens (tertiary/aromatic N) is 1. The number of anilines is 1. The lowest BCUT2D eigenvalue weighted by Gasteiger charge is -2.19. The molecule has 1 aromatic carbocycles. The van der Waals surface area contributed by atoms with Crippen LogP contribution in [-0.2, 0) is 0 Å². The minimum absolute atomic E-state index is 0.00417. The number of aromatic carboxylic acids is 1. The fraction of sp³-hybridized carbons (Fsp3) is 0.474. The van der Waals surface area contributed by atoms with Gasteiger partial charge in [-0.1, -0.05) is 5.16 Å². The number of carboxylic acid groups (broad SMARTS) is 1. The van der Waals surface area contributed by atoms with E-state index in [9.17, 15) is 15.0 Å². The van der Waals surface area contributed by atoms with Crippen LogP contribution in [0.1, 0.15) is 50.4 Å². The predicted molar refractivity (Wildman–Crippen MR) is 98.7 cm³/mol. The molecule has 0 saturated carbocycles. The Morgan fingerprint density at radius 3 is 2.54 bits per heavy atom. The number of nitrogens with one attached hydrogen (secondary N) is 1. The molecule has 0 saturated heterocycles. The van der Waals surface area contributed by atoms with Gasteiger partial charge in [-0.2, -0.15) is 0 Å². The van der Waals surface area contributed by atoms with Crippen LogP contribution in [0.4, 0.5) is 5.82 Å². The number of hydrogen-bond donors (Lipinski definition) is 3. The summed E-state index contributed by atoms with van der Waals surface area (Å²) in [5, 5.41) is 26.4. The highest BCUT2D eigenvalue weighted by Crippen LogP contribution is 2.31. The van der Waals surface area contributed by atoms with Crippen molar-refractivity contribution in [3.8, 4) is 17.1 Å². The number of aliphatic hydroxyl groups is 1. The van der Waals surface area contributed by atoms with Gasteiger partial charge >= 0.3 is 5.97 Å². The maximum Gasteiger partial charge on any atom is 0.343 e. The molecule has 0 bridgehead atoms. The van der Waals surface area contributed by atoms with E-state index in [1.807, 2.05) is 6.92 Å². The van der Waals surface area contributed by atoms with Crippen molar-refractivity contribution < 1.29 is 24.3 Å². The quantitative estimate of drug-likeness (QED) is 0.623. The SMILES string of the molecule is COc1ccc(-c2onc(NC(C)CCCC(C)(C)O)c2C(=O)O)cc1. The Morgan fingerprint density at radius 2 is 2.00 bits per heavy atom. The third-order valence-corrected chi connectivity index (χ3v) is 4.07. The van der Waals surface area contributed by atoms with Crippen molar-refractivity contribution in [3.05, 3.63) is 29.8 Å². The number of carboxylic acids is 1. The summed E-state index contributed by atoms with van der Waals surface area (Å²) in [5.41, 5.74) is -0.0931. The number of methoxy groups -OCH3 is 1. The Bertz CT molecular complexity index is 731. The maximum atomic E-state index is 11.7. The molecule has 0 spiro atoms. The van der Waals surface area contributed by atoms with Crippen LogP contribution in [0.2, 0.25) is 0 Å². The van der Waals surface area contributed by atoms with Gasteiger partial charge in [0.2, 0.25) is 0 Å². The number of aromatic nitrogens is 1. The second kappa shape index (κ2) is 8.23. The smallest absolute Gasteiger partial charge is 0.343 e. The van der Waals surface area contributed by atoms with E-state index in [4.69, 9.17) is 9.26 Å². The summed E-state index contributed by atoms with van der Waals surface area (Å²) < 4.78 is 10.4. The van der Waals surface area contributed by atoms with Crippen LogP contribution in [0.15, 0.2) is 28.8 Å². The zero-order valence-electron chi connectivity index (χ0n) is 15.6. The summed E-state index contributed by atoms with van der Waals surface area (Å²) in [6, 6.07) is 6.90. The van der Waals surface area contributed by atoms with E-state index in [-0.39, 0.29) is 23.2 Å². The van der Waals surface area contributed by atoms with E-state index < -0.39 is 11.6 Å². The number of rotatable bonds is 9. The summed E-state index contributed by atoms with van der Waals surface area (Å²) in [6.45, 7) is 5.48. The number of benzene rings is 1. The molecule has 1 atom stereocenters. The highest BCUT2D eigenvalue weighted by molar-refractivity contribution is 5.99. The predicted octanol–water partition coefficient (Wildman–Crippen LogP) is 3.79. The molecular weight excluding hydrogens is 336 g/mol. The molecule has 0 amide bonds. The van der Waals surface area contributed by atoms with Crippen molar-refractivity contribution in [1.82, 2.24) is 5.16 Å². The molecule has 7 heteroatoms. The van der Waals surface area contributed by atoms with Crippen molar-refractivity contribution in [2.24, 2.45) is 0 Å². The van der Waals surface area contributed by atoms with Gasteiger partial charge < -0.3 is 24.8 Å². The van der Waals surface area contributed by atoms with Crippen molar-refractivity contribution in [2.75, 3.05) is 12.4 Å². The van der Waals surface area contributed by atoms with Gasteiger partial charge in [-0.3, -0.25) is 0 Å². The Hall–Kier alpha value is -2.54. The summed E-state index contributed by atoms with van der Waals surface area (Å²) in [5.74, 6) is -0.0300. The molecule has 0 radical (unpaired) electrons. The molecule has 0 aliphatic heterocycles. The minimum Gasteiger partial charge on any atom is -0.497 e. The van der Waals surface area contributed by atoms with Crippen molar-refractivity contribution >= 4 is 11.8 Å². The molecule has 2 aromatic rings. The number of hydrogen-bond acceptors (Lipinski definition) is 6. The molecule has 0 aliphatic carbocycles. The van der Waals surface area contributed by atoms with Crippen molar-refractivity contribution in [3.63, 3.8) is 0 Å². The second-order valence-electron chi connectivity index (χ2n) is 7.02. The second-order valence-corrected chi connectivity index (χ2v) is 7.02. The average molecular weight is 362 g/mol. The molecule has 1 unspecified atom stereocenters. The van der Waals surface area contributed by atoms with Gasteiger partial charge in [-0.15, -0.1) is 0 Å². The van der Waals surface area contributed by atoms with Crippen LogP contribution < -0.4 is 10.1 Å². The van der Waals surface area contributed by atoms with Crippen molar-refractivity contribution in [2.45, 2.75) is 51.7 Å². The molecule has 1 heterocycles. The fourth-order valence-corrected chi connectivity index (χ4v) is 2.67. The topological polar surface area (TPSA) is 105 Å². The standard InChI is InChI=1S/C19H26N2O5/c1-12(6-5-11-19(2,3)24)20-17-15(18(22)23)16(26-21-17)13-7-9-14(25-4)10-8-13/h7-10,12,24H,5-6,11H2,1-4H3,(H,20,21)(H,22,23). The van der Waals surface area contributed by atoms with E-state index >= 15 is 0 Å². The fourth-order valence-electron chi connectivity index (χ4n) is 2.67. The zero-order valence-corrected chi connectivity index (χ0v) is 15.6. The Labute approximate surface area is 153 Å². The van der Waals surface area contributed by atoms with Gasteiger partial charge in [-0.25, -0.2) is 4.79 Å². The first-order valence-electron chi connectivity index (χ1n) is 8.57. The van der Waals surface area contributed by atoms with Crippen LogP contribution >= 0.6 is 0 Å². The Balaban J connectivity index is 2.14. The van der Waals surface area contributed by atoms with Gasteiger partial charge in [0.15, 0.2) is 17.1 Å². The molecule has 26 heavy (non-hydrogen) atoms. The Kier molecular flexibility index (Phi) is 6.26. The summed E-state index contributed by atoms with van der Waals surface area (Å²) in [6.07, 6.45) is 2.25. The van der Waals surface area contributed by atoms with Crippen LogP contribution in [-0.4, -0.2) is 40.1 Å².